The number of carbonyl (C=O) groups is 3. The fourth-order valence-electron chi connectivity index (χ4n) is 11.9. The van der Waals surface area contributed by atoms with E-state index in [0.717, 1.165) is 16.5 Å². The second-order valence-corrected chi connectivity index (χ2v) is 19.1. The number of aromatic nitrogens is 1. The molecule has 16 nitrogen and oxygen atoms in total. The van der Waals surface area contributed by atoms with Crippen LogP contribution in [0.15, 0.2) is 54.7 Å². The van der Waals surface area contributed by atoms with Gasteiger partial charge in [0.2, 0.25) is 6.79 Å². The van der Waals surface area contributed by atoms with Gasteiger partial charge in [0.15, 0.2) is 40.0 Å². The molecule has 7 atom stereocenters. The summed E-state index contributed by atoms with van der Waals surface area (Å²) < 4.78 is 36.8. The van der Waals surface area contributed by atoms with Crippen LogP contribution in [0.4, 0.5) is 0 Å². The van der Waals surface area contributed by atoms with Crippen LogP contribution >= 0.6 is 11.8 Å². The van der Waals surface area contributed by atoms with E-state index in [4.69, 9.17) is 28.4 Å². The van der Waals surface area contributed by atoms with Gasteiger partial charge < -0.3 is 43.5 Å². The predicted molar refractivity (Wildman–Crippen MR) is 243 cm³/mol. The Morgan fingerprint density at radius 1 is 0.985 bits per heavy atom. The molecule has 12 rings (SSSR count). The lowest BCUT2D eigenvalue weighted by atomic mass is 9.71. The van der Waals surface area contributed by atoms with Crippen molar-refractivity contribution in [2.45, 2.75) is 74.6 Å². The number of amides is 1. The predicted octanol–water partition coefficient (Wildman–Crippen LogP) is 6.09. The van der Waals surface area contributed by atoms with Crippen molar-refractivity contribution in [3.63, 3.8) is 0 Å². The highest BCUT2D eigenvalue weighted by atomic mass is 32.2. The summed E-state index contributed by atoms with van der Waals surface area (Å²) >= 11 is 1.36. The van der Waals surface area contributed by atoms with Crippen molar-refractivity contribution in [3.8, 4) is 46.3 Å². The second kappa shape index (κ2) is 15.7. The third kappa shape index (κ3) is 6.05. The van der Waals surface area contributed by atoms with E-state index in [1.807, 2.05) is 26.1 Å². The first kappa shape index (κ1) is 42.9. The van der Waals surface area contributed by atoms with Crippen LogP contribution in [0.5, 0.6) is 40.2 Å². The van der Waals surface area contributed by atoms with Crippen molar-refractivity contribution in [3.05, 3.63) is 105 Å². The van der Waals surface area contributed by atoms with Gasteiger partial charge in [-0.15, -0.1) is 11.8 Å². The Bertz CT molecular complexity index is 3030. The second-order valence-electron chi connectivity index (χ2n) is 18.0. The number of piperazine rings is 1. The third-order valence-electron chi connectivity index (χ3n) is 14.7. The maximum absolute atomic E-state index is 15.8. The van der Waals surface area contributed by atoms with Crippen LogP contribution in [0.1, 0.15) is 79.1 Å². The molecule has 4 aromatic carbocycles. The molecule has 0 unspecified atom stereocenters. The van der Waals surface area contributed by atoms with Crippen LogP contribution < -0.4 is 23.7 Å². The standard InChI is InChI=1S/C50H47N5O11S/c1-23-14-29-16-32-33(19-51)55-34-20-63-49(60)50(30-18-36(61-5)35(57)17-26(30)11-13-54(50)48(59)28-9-10-31-27(15-28)8-7-12-52-31)21-67-47(41(55)40(53(32)4)37(29)42(58)43(23)62-6)39-38(34)46-45(64-22-65-46)24(2)44(39)66-25(3)56/h7-10,12,14-15,17-18,32-34,40-41,47,57-58H,11,13,16,20-22H2,1-6H3/t32-,33-,34+,40+,41+,47+,50+/m0/s1. The van der Waals surface area contributed by atoms with Crippen LogP contribution in [-0.4, -0.2) is 113 Å². The number of aromatic hydroxyl groups is 2. The Morgan fingerprint density at radius 2 is 1.79 bits per heavy atom. The summed E-state index contributed by atoms with van der Waals surface area (Å²) in [5.41, 5.74) is 4.20. The molecule has 8 heterocycles. The number of fused-ring (bicyclic) bond motifs is 10. The summed E-state index contributed by atoms with van der Waals surface area (Å²) in [4.78, 5) is 54.6. The maximum atomic E-state index is 15.8. The summed E-state index contributed by atoms with van der Waals surface area (Å²) in [5, 5.41) is 34.8. The SMILES string of the molecule is COc1cc2c(cc1O)CCN(C(=O)c1ccc3ncccc3c1)[C@]21CS[C@@H]2c3c(OC(C)=O)c(C)c4c(c3[C@@H](COC1=O)N1[C@@H]2[C@H]2c3c(cc(C)c(OC)c3O)C[C@@H]([C@@H]1C#N)N2C)OCO4. The summed E-state index contributed by atoms with van der Waals surface area (Å²) in [7, 11) is 4.89. The van der Waals surface area contributed by atoms with Gasteiger partial charge in [0, 0.05) is 70.7 Å². The first-order valence-corrected chi connectivity index (χ1v) is 23.2. The first-order valence-electron chi connectivity index (χ1n) is 22.1. The molecule has 2 N–H and O–H groups in total. The third-order valence-corrected chi connectivity index (χ3v) is 16.2. The topological polar surface area (TPSA) is 193 Å². The number of aryl methyl sites for hydroxylation is 1. The van der Waals surface area contributed by atoms with E-state index in [9.17, 15) is 20.3 Å². The average Bonchev–Trinajstić information content (AvgIpc) is 3.81. The minimum atomic E-state index is -1.83. The molecule has 1 amide bonds. The molecule has 7 aliphatic heterocycles. The molecular weight excluding hydrogens is 879 g/mol. The fourth-order valence-corrected chi connectivity index (χ4v) is 13.7. The van der Waals surface area contributed by atoms with Crippen molar-refractivity contribution >= 4 is 40.5 Å². The lowest BCUT2D eigenvalue weighted by Crippen LogP contribution is -2.69. The number of ether oxygens (including phenoxy) is 6. The summed E-state index contributed by atoms with van der Waals surface area (Å²) in [6.07, 6.45) is 2.41. The molecule has 5 aromatic rings. The number of benzene rings is 4. The number of phenols is 2. The van der Waals surface area contributed by atoms with Gasteiger partial charge in [-0.1, -0.05) is 12.1 Å². The van der Waals surface area contributed by atoms with Crippen molar-refractivity contribution in [1.29, 1.82) is 5.26 Å². The zero-order chi connectivity index (χ0) is 46.8. The number of thioether (sulfide) groups is 1. The van der Waals surface area contributed by atoms with E-state index in [2.05, 4.69) is 20.9 Å². The van der Waals surface area contributed by atoms with Crippen LogP contribution in [0.25, 0.3) is 10.9 Å². The molecule has 1 spiro atoms. The summed E-state index contributed by atoms with van der Waals surface area (Å²) in [5.74, 6) is -0.506. The number of nitriles is 1. The lowest BCUT2D eigenvalue weighted by molar-refractivity contribution is -0.162. The van der Waals surface area contributed by atoms with Crippen molar-refractivity contribution < 1.29 is 53.0 Å². The molecule has 2 fully saturated rings. The number of hydrogen-bond acceptors (Lipinski definition) is 16. The average molecular weight is 926 g/mol. The monoisotopic (exact) mass is 925 g/mol. The number of likely N-dealkylation sites (N-methyl/N-ethyl adjacent to an activating group) is 1. The molecule has 67 heavy (non-hydrogen) atoms. The van der Waals surface area contributed by atoms with Gasteiger partial charge >= 0.3 is 11.9 Å². The highest BCUT2D eigenvalue weighted by molar-refractivity contribution is 7.99. The first-order chi connectivity index (χ1) is 32.3. The van der Waals surface area contributed by atoms with Crippen molar-refractivity contribution in [2.75, 3.05) is 47.0 Å². The number of hydrogen-bond donors (Lipinski definition) is 2. The number of carbonyl (C=O) groups excluding carboxylic acids is 3. The van der Waals surface area contributed by atoms with E-state index in [0.29, 0.717) is 74.6 Å². The number of esters is 2. The molecular formula is C50H47N5O11S. The van der Waals surface area contributed by atoms with Gasteiger partial charge in [-0.05, 0) is 92.4 Å². The molecule has 7 aliphatic rings. The zero-order valence-electron chi connectivity index (χ0n) is 37.6. The molecule has 0 radical (unpaired) electrons. The normalized spacial score (nSPS) is 25.9. The van der Waals surface area contributed by atoms with Crippen LogP contribution in [0.2, 0.25) is 0 Å². The highest BCUT2D eigenvalue weighted by Crippen LogP contribution is 2.65. The van der Waals surface area contributed by atoms with E-state index < -0.39 is 52.8 Å². The number of methoxy groups -OCH3 is 2. The molecule has 344 valence electrons. The Kier molecular flexibility index (Phi) is 10.0. The Morgan fingerprint density at radius 3 is 2.55 bits per heavy atom. The Hall–Kier alpha value is -6.74. The van der Waals surface area contributed by atoms with E-state index in [1.54, 1.807) is 54.4 Å². The summed E-state index contributed by atoms with van der Waals surface area (Å²) in [6, 6.07) is 13.4. The van der Waals surface area contributed by atoms with Gasteiger partial charge in [0.25, 0.3) is 5.91 Å². The molecule has 4 bridgehead atoms. The van der Waals surface area contributed by atoms with Gasteiger partial charge in [0.1, 0.15) is 18.4 Å². The van der Waals surface area contributed by atoms with Crippen LogP contribution in [0, 0.1) is 25.2 Å². The van der Waals surface area contributed by atoms with E-state index >= 15 is 9.59 Å². The largest absolute Gasteiger partial charge is 0.504 e. The molecule has 17 heteroatoms. The van der Waals surface area contributed by atoms with Gasteiger partial charge in [-0.25, -0.2) is 4.79 Å². The molecule has 0 saturated carbocycles. The van der Waals surface area contributed by atoms with Crippen molar-refractivity contribution in [2.24, 2.45) is 0 Å². The van der Waals surface area contributed by atoms with Gasteiger partial charge in [-0.2, -0.15) is 5.26 Å². The molecule has 1 aromatic heterocycles. The quantitative estimate of drug-likeness (QED) is 0.155. The van der Waals surface area contributed by atoms with Gasteiger partial charge in [0.05, 0.1) is 43.1 Å². The minimum Gasteiger partial charge on any atom is -0.504 e. The smallest absolute Gasteiger partial charge is 0.337 e. The maximum Gasteiger partial charge on any atom is 0.337 e. The van der Waals surface area contributed by atoms with E-state index in [1.165, 1.54) is 32.9 Å². The Balaban J connectivity index is 1.18. The highest BCUT2D eigenvalue weighted by Gasteiger charge is 2.63. The molecule has 0 aliphatic carbocycles. The number of phenolic OH excluding ortho intramolecular Hbond substituents is 2. The van der Waals surface area contributed by atoms with Crippen LogP contribution in [-0.2, 0) is 32.7 Å². The van der Waals surface area contributed by atoms with Gasteiger partial charge in [-0.3, -0.25) is 24.4 Å². The fraction of sp³-hybridized carbons (Fsp3) is 0.380. The van der Waals surface area contributed by atoms with Crippen molar-refractivity contribution in [1.82, 2.24) is 19.7 Å². The van der Waals surface area contributed by atoms with Crippen LogP contribution in [0.3, 0.4) is 0 Å². The number of nitrogens with zero attached hydrogens (tertiary/aromatic N) is 5. The number of rotatable bonds is 4. The lowest BCUT2D eigenvalue weighted by Gasteiger charge is -2.62. The Labute approximate surface area is 389 Å². The number of pyridine rings is 1. The molecule has 2 saturated heterocycles. The van der Waals surface area contributed by atoms with E-state index in [-0.39, 0.29) is 54.7 Å². The minimum absolute atomic E-state index is 0.0122. The zero-order valence-corrected chi connectivity index (χ0v) is 38.4. The summed E-state index contributed by atoms with van der Waals surface area (Å²) in [6.45, 7) is 4.64.